The molecular weight excluding hydrogens is 464 g/mol. The summed E-state index contributed by atoms with van der Waals surface area (Å²) in [4.78, 5) is 23.9. The van der Waals surface area contributed by atoms with E-state index in [0.717, 1.165) is 0 Å². The van der Waals surface area contributed by atoms with Crippen LogP contribution in [0.2, 0.25) is 0 Å². The molecule has 0 saturated carbocycles. The molecule has 0 aliphatic rings. The molecule has 12 heteroatoms. The highest BCUT2D eigenvalue weighted by Gasteiger charge is 2.25. The van der Waals surface area contributed by atoms with Gasteiger partial charge in [-0.2, -0.15) is 4.31 Å². The second-order valence-corrected chi connectivity index (χ2v) is 11.0. The number of carbonyl (C=O) groups excluding carboxylic acids is 2. The van der Waals surface area contributed by atoms with Crippen LogP contribution in [0.25, 0.3) is 11.4 Å². The van der Waals surface area contributed by atoms with Crippen LogP contribution in [0.1, 0.15) is 34.6 Å². The van der Waals surface area contributed by atoms with E-state index in [4.69, 9.17) is 0 Å². The van der Waals surface area contributed by atoms with Gasteiger partial charge in [-0.05, 0) is 25.0 Å². The average Bonchev–Trinajstić information content (AvgIpc) is 3.15. The van der Waals surface area contributed by atoms with Crippen molar-refractivity contribution in [3.8, 4) is 11.4 Å². The lowest BCUT2D eigenvalue weighted by atomic mass is 10.2. The number of imide groups is 1. The summed E-state index contributed by atoms with van der Waals surface area (Å²) in [6.07, 6.45) is 0. The largest absolute Gasteiger partial charge is 0.341 e. The van der Waals surface area contributed by atoms with Gasteiger partial charge in [-0.15, -0.1) is 10.2 Å². The van der Waals surface area contributed by atoms with Gasteiger partial charge >= 0.3 is 6.03 Å². The third-order valence-corrected chi connectivity index (χ3v) is 7.94. The average molecular weight is 497 g/mol. The summed E-state index contributed by atoms with van der Waals surface area (Å²) in [6, 6.07) is 6.07. The molecule has 0 spiro atoms. The Kier molecular flexibility index (Phi) is 9.44. The molecule has 1 unspecified atom stereocenters. The quantitative estimate of drug-likeness (QED) is 0.484. The maximum atomic E-state index is 13.0. The molecule has 1 atom stereocenters. The van der Waals surface area contributed by atoms with Gasteiger partial charge in [0.1, 0.15) is 0 Å². The highest BCUT2D eigenvalue weighted by Crippen LogP contribution is 2.29. The minimum Gasteiger partial charge on any atom is -0.341 e. The van der Waals surface area contributed by atoms with E-state index in [1.165, 1.54) is 23.1 Å². The summed E-state index contributed by atoms with van der Waals surface area (Å²) in [7, 11) is -2.19. The number of amides is 3. The molecule has 1 heterocycles. The molecule has 0 saturated heterocycles. The smallest absolute Gasteiger partial charge is 0.321 e. The van der Waals surface area contributed by atoms with Gasteiger partial charge in [0.05, 0.1) is 10.1 Å². The first-order valence-corrected chi connectivity index (χ1v) is 13.1. The Balaban J connectivity index is 2.43. The second-order valence-electron chi connectivity index (χ2n) is 7.76. The third-order valence-electron chi connectivity index (χ3n) is 4.82. The minimum atomic E-state index is -3.63. The van der Waals surface area contributed by atoms with Gasteiger partial charge in [0.25, 0.3) is 0 Å². The molecule has 3 amide bonds. The van der Waals surface area contributed by atoms with Gasteiger partial charge in [0.2, 0.25) is 15.9 Å². The first-order chi connectivity index (χ1) is 15.5. The van der Waals surface area contributed by atoms with E-state index < -0.39 is 27.2 Å². The van der Waals surface area contributed by atoms with Crippen molar-refractivity contribution in [3.63, 3.8) is 0 Å². The predicted octanol–water partition coefficient (Wildman–Crippen LogP) is 2.57. The van der Waals surface area contributed by atoms with Crippen molar-refractivity contribution in [1.82, 2.24) is 29.7 Å². The normalized spacial score (nSPS) is 12.7. The molecule has 2 N–H and O–H groups in total. The van der Waals surface area contributed by atoms with Crippen LogP contribution in [0, 0.1) is 5.92 Å². The number of carbonyl (C=O) groups is 2. The summed E-state index contributed by atoms with van der Waals surface area (Å²) in [5.41, 5.74) is 0.616. The number of urea groups is 1. The molecule has 0 fully saturated rings. The zero-order chi connectivity index (χ0) is 24.8. The summed E-state index contributed by atoms with van der Waals surface area (Å²) >= 11 is 1.18. The van der Waals surface area contributed by atoms with Crippen molar-refractivity contribution in [2.24, 2.45) is 5.92 Å². The van der Waals surface area contributed by atoms with Gasteiger partial charge in [-0.3, -0.25) is 10.1 Å². The first-order valence-electron chi connectivity index (χ1n) is 10.8. The molecule has 1 aromatic carbocycles. The Morgan fingerprint density at radius 3 is 2.39 bits per heavy atom. The number of nitrogens with one attached hydrogen (secondary N) is 2. The van der Waals surface area contributed by atoms with E-state index in [0.29, 0.717) is 36.2 Å². The zero-order valence-corrected chi connectivity index (χ0v) is 21.5. The van der Waals surface area contributed by atoms with Crippen LogP contribution < -0.4 is 10.6 Å². The Morgan fingerprint density at radius 1 is 1.15 bits per heavy atom. The number of sulfonamides is 1. The van der Waals surface area contributed by atoms with Gasteiger partial charge in [0.15, 0.2) is 11.0 Å². The topological polar surface area (TPSA) is 126 Å². The third kappa shape index (κ3) is 6.55. The number of aromatic nitrogens is 3. The van der Waals surface area contributed by atoms with E-state index in [-0.39, 0.29) is 10.8 Å². The maximum Gasteiger partial charge on any atom is 0.321 e. The van der Waals surface area contributed by atoms with Gasteiger partial charge in [-0.25, -0.2) is 13.2 Å². The van der Waals surface area contributed by atoms with E-state index in [9.17, 15) is 18.0 Å². The van der Waals surface area contributed by atoms with E-state index in [1.807, 2.05) is 18.4 Å². The Hall–Kier alpha value is -2.44. The van der Waals surface area contributed by atoms with Crippen LogP contribution in [0.4, 0.5) is 4.79 Å². The highest BCUT2D eigenvalue weighted by atomic mass is 32.2. The van der Waals surface area contributed by atoms with Crippen LogP contribution in [0.3, 0.4) is 0 Å². The molecule has 0 aliphatic heterocycles. The Bertz CT molecular complexity index is 1080. The number of hydrogen-bond acceptors (Lipinski definition) is 7. The van der Waals surface area contributed by atoms with Crippen molar-refractivity contribution in [3.05, 3.63) is 24.3 Å². The molecule has 2 rings (SSSR count). The molecule has 33 heavy (non-hydrogen) atoms. The Labute approximate surface area is 199 Å². The molecule has 0 aliphatic carbocycles. The molecule has 1 aromatic heterocycles. The lowest BCUT2D eigenvalue weighted by molar-refractivity contribution is -0.119. The van der Waals surface area contributed by atoms with Crippen molar-refractivity contribution in [2.75, 3.05) is 20.1 Å². The van der Waals surface area contributed by atoms with Crippen LogP contribution in [0.5, 0.6) is 0 Å². The predicted molar refractivity (Wildman–Crippen MR) is 128 cm³/mol. The van der Waals surface area contributed by atoms with Crippen LogP contribution in [0.15, 0.2) is 34.3 Å². The fraction of sp³-hybridized carbons (Fsp3) is 0.524. The molecule has 0 radical (unpaired) electrons. The number of benzene rings is 1. The second kappa shape index (κ2) is 11.6. The van der Waals surface area contributed by atoms with E-state index >= 15 is 0 Å². The van der Waals surface area contributed by atoms with Crippen LogP contribution in [-0.2, 0) is 21.4 Å². The number of hydrogen-bond donors (Lipinski definition) is 2. The lowest BCUT2D eigenvalue weighted by Gasteiger charge is -2.19. The van der Waals surface area contributed by atoms with Crippen molar-refractivity contribution < 1.29 is 18.0 Å². The van der Waals surface area contributed by atoms with Gasteiger partial charge < -0.3 is 9.88 Å². The fourth-order valence-corrected chi connectivity index (χ4v) is 5.48. The van der Waals surface area contributed by atoms with Crippen molar-refractivity contribution >= 4 is 33.7 Å². The van der Waals surface area contributed by atoms with Crippen molar-refractivity contribution in [2.45, 2.75) is 56.5 Å². The van der Waals surface area contributed by atoms with Crippen molar-refractivity contribution in [1.29, 1.82) is 0 Å². The standard InChI is InChI=1S/C21H32N6O4S2/c1-7-26(8-2)33(30,31)17-11-9-10-16(12-17)18-24-25-21(27(18)13-14(3)4)32-15(5)19(28)23-20(29)22-6/h9-12,14-15H,7-8,13H2,1-6H3,(H2,22,23,28,29). The number of thioether (sulfide) groups is 1. The molecule has 2 aromatic rings. The van der Waals surface area contributed by atoms with E-state index in [2.05, 4.69) is 20.8 Å². The molecule has 0 bridgehead atoms. The van der Waals surface area contributed by atoms with Crippen LogP contribution in [-0.4, -0.2) is 64.8 Å². The highest BCUT2D eigenvalue weighted by molar-refractivity contribution is 8.00. The maximum absolute atomic E-state index is 13.0. The summed E-state index contributed by atoms with van der Waals surface area (Å²) < 4.78 is 29.2. The number of rotatable bonds is 10. The van der Waals surface area contributed by atoms with Crippen LogP contribution >= 0.6 is 11.8 Å². The summed E-state index contributed by atoms with van der Waals surface area (Å²) in [5.74, 6) is 0.311. The lowest BCUT2D eigenvalue weighted by Crippen LogP contribution is -2.41. The van der Waals surface area contributed by atoms with Gasteiger partial charge in [0, 0.05) is 32.2 Å². The SMILES string of the molecule is CCN(CC)S(=O)(=O)c1cccc(-c2nnc(SC(C)C(=O)NC(=O)NC)n2CC(C)C)c1. The summed E-state index contributed by atoms with van der Waals surface area (Å²) in [6.45, 7) is 10.7. The monoisotopic (exact) mass is 496 g/mol. The minimum absolute atomic E-state index is 0.190. The fourth-order valence-electron chi connectivity index (χ4n) is 3.12. The number of nitrogens with zero attached hydrogens (tertiary/aromatic N) is 4. The first kappa shape index (κ1) is 26.8. The summed E-state index contributed by atoms with van der Waals surface area (Å²) in [5, 5.41) is 13.1. The zero-order valence-electron chi connectivity index (χ0n) is 19.8. The molecular formula is C21H32N6O4S2. The Morgan fingerprint density at radius 2 is 1.82 bits per heavy atom. The molecule has 10 nitrogen and oxygen atoms in total. The van der Waals surface area contributed by atoms with Gasteiger partial charge in [-0.1, -0.05) is 51.6 Å². The molecule has 182 valence electrons. The van der Waals surface area contributed by atoms with E-state index in [1.54, 1.807) is 45.0 Å².